The van der Waals surface area contributed by atoms with Crippen LogP contribution in [0, 0.1) is 5.92 Å². The van der Waals surface area contributed by atoms with Crippen LogP contribution >= 0.6 is 0 Å². The maximum atomic E-state index is 12.1. The molecule has 0 saturated carbocycles. The van der Waals surface area contributed by atoms with E-state index in [-0.39, 0.29) is 6.09 Å². The molecule has 1 aliphatic rings. The molecule has 0 aromatic heterocycles. The fraction of sp³-hybridized carbons (Fsp3) is 0.562. The summed E-state index contributed by atoms with van der Waals surface area (Å²) >= 11 is 0. The highest BCUT2D eigenvalue weighted by molar-refractivity contribution is 5.68. The highest BCUT2D eigenvalue weighted by Gasteiger charge is 2.35. The van der Waals surface area contributed by atoms with Gasteiger partial charge in [-0.25, -0.2) is 4.79 Å². The number of rotatable bonds is 1. The van der Waals surface area contributed by atoms with Gasteiger partial charge in [0.15, 0.2) is 0 Å². The van der Waals surface area contributed by atoms with Crippen LogP contribution in [0.4, 0.5) is 10.5 Å². The van der Waals surface area contributed by atoms with Gasteiger partial charge in [0.05, 0.1) is 0 Å². The number of ether oxygens (including phenoxy) is 1. The Morgan fingerprint density at radius 2 is 1.85 bits per heavy atom. The molecule has 110 valence electrons. The van der Waals surface area contributed by atoms with Crippen LogP contribution in [0.15, 0.2) is 24.3 Å². The lowest BCUT2D eigenvalue weighted by Crippen LogP contribution is -2.35. The van der Waals surface area contributed by atoms with Gasteiger partial charge in [0.25, 0.3) is 0 Å². The molecular formula is C16H24N2O2. The number of benzene rings is 1. The van der Waals surface area contributed by atoms with Gasteiger partial charge in [-0.15, -0.1) is 0 Å². The van der Waals surface area contributed by atoms with Gasteiger partial charge in [-0.1, -0.05) is 19.1 Å². The maximum absolute atomic E-state index is 12.1. The molecule has 2 rings (SSSR count). The molecule has 0 aliphatic carbocycles. The molecule has 4 heteroatoms. The summed E-state index contributed by atoms with van der Waals surface area (Å²) in [6.45, 7) is 9.29. The van der Waals surface area contributed by atoms with E-state index in [9.17, 15) is 4.79 Å². The van der Waals surface area contributed by atoms with Crippen LogP contribution in [-0.2, 0) is 4.74 Å². The molecule has 4 nitrogen and oxygen atoms in total. The Hall–Kier alpha value is -1.71. The molecule has 1 aromatic carbocycles. The average Bonchev–Trinajstić information content (AvgIpc) is 2.70. The smallest absolute Gasteiger partial charge is 0.410 e. The van der Waals surface area contributed by atoms with Crippen molar-refractivity contribution in [3.05, 3.63) is 29.8 Å². The van der Waals surface area contributed by atoms with E-state index in [1.807, 2.05) is 32.9 Å². The number of hydrogen-bond acceptors (Lipinski definition) is 3. The van der Waals surface area contributed by atoms with Crippen molar-refractivity contribution in [2.45, 2.75) is 39.2 Å². The summed E-state index contributed by atoms with van der Waals surface area (Å²) in [5.74, 6) is 0.772. The number of likely N-dealkylation sites (tertiary alicyclic amines) is 1. The largest absolute Gasteiger partial charge is 0.444 e. The van der Waals surface area contributed by atoms with Crippen molar-refractivity contribution < 1.29 is 9.53 Å². The zero-order chi connectivity index (χ0) is 14.9. The lowest BCUT2D eigenvalue weighted by molar-refractivity contribution is 0.0287. The van der Waals surface area contributed by atoms with Gasteiger partial charge in [-0.05, 0) is 44.4 Å². The Morgan fingerprint density at radius 3 is 2.40 bits per heavy atom. The van der Waals surface area contributed by atoms with Crippen molar-refractivity contribution in [2.75, 3.05) is 18.8 Å². The van der Waals surface area contributed by atoms with Crippen LogP contribution in [-0.4, -0.2) is 29.7 Å². The van der Waals surface area contributed by atoms with E-state index in [2.05, 4.69) is 19.1 Å². The molecule has 1 heterocycles. The second-order valence-corrected chi connectivity index (χ2v) is 6.64. The molecule has 1 amide bonds. The zero-order valence-corrected chi connectivity index (χ0v) is 12.7. The molecule has 1 aromatic rings. The van der Waals surface area contributed by atoms with Gasteiger partial charge in [0, 0.05) is 24.7 Å². The molecule has 20 heavy (non-hydrogen) atoms. The van der Waals surface area contributed by atoms with Gasteiger partial charge in [-0.2, -0.15) is 0 Å². The van der Waals surface area contributed by atoms with Crippen LogP contribution in [0.25, 0.3) is 0 Å². The summed E-state index contributed by atoms with van der Waals surface area (Å²) in [5, 5.41) is 0. The van der Waals surface area contributed by atoms with Crippen LogP contribution in [0.2, 0.25) is 0 Å². The van der Waals surface area contributed by atoms with Crippen molar-refractivity contribution in [2.24, 2.45) is 5.92 Å². The van der Waals surface area contributed by atoms with Gasteiger partial charge in [-0.3, -0.25) is 0 Å². The Morgan fingerprint density at radius 1 is 1.25 bits per heavy atom. The Balaban J connectivity index is 2.05. The first-order valence-electron chi connectivity index (χ1n) is 7.09. The maximum Gasteiger partial charge on any atom is 0.410 e. The van der Waals surface area contributed by atoms with Crippen molar-refractivity contribution in [3.63, 3.8) is 0 Å². The second kappa shape index (κ2) is 5.35. The minimum absolute atomic E-state index is 0.220. The van der Waals surface area contributed by atoms with E-state index >= 15 is 0 Å². The fourth-order valence-electron chi connectivity index (χ4n) is 2.62. The number of nitrogen functional groups attached to an aromatic ring is 1. The van der Waals surface area contributed by atoms with Crippen molar-refractivity contribution in [1.29, 1.82) is 0 Å². The first kappa shape index (κ1) is 14.7. The zero-order valence-electron chi connectivity index (χ0n) is 12.7. The van der Waals surface area contributed by atoms with E-state index in [1.54, 1.807) is 4.90 Å². The average molecular weight is 276 g/mol. The molecule has 0 bridgehead atoms. The summed E-state index contributed by atoms with van der Waals surface area (Å²) in [6.07, 6.45) is -0.220. The second-order valence-electron chi connectivity index (χ2n) is 6.64. The van der Waals surface area contributed by atoms with Crippen molar-refractivity contribution in [3.8, 4) is 0 Å². The predicted octanol–water partition coefficient (Wildman–Crippen LogP) is 3.24. The van der Waals surface area contributed by atoms with E-state index in [1.165, 1.54) is 5.56 Å². The number of amides is 1. The summed E-state index contributed by atoms with van der Waals surface area (Å²) < 4.78 is 5.44. The van der Waals surface area contributed by atoms with Crippen LogP contribution in [0.1, 0.15) is 39.2 Å². The van der Waals surface area contributed by atoms with Gasteiger partial charge < -0.3 is 15.4 Å². The lowest BCUT2D eigenvalue weighted by atomic mass is 9.90. The third kappa shape index (κ3) is 3.44. The minimum Gasteiger partial charge on any atom is -0.444 e. The summed E-state index contributed by atoms with van der Waals surface area (Å²) in [5.41, 5.74) is 7.28. The molecule has 0 radical (unpaired) electrons. The predicted molar refractivity (Wildman–Crippen MR) is 80.6 cm³/mol. The van der Waals surface area contributed by atoms with Crippen LogP contribution in [0.5, 0.6) is 0 Å². The Bertz CT molecular complexity index is 476. The summed E-state index contributed by atoms with van der Waals surface area (Å²) in [6, 6.07) is 7.93. The fourth-order valence-corrected chi connectivity index (χ4v) is 2.62. The topological polar surface area (TPSA) is 55.6 Å². The van der Waals surface area contributed by atoms with Crippen molar-refractivity contribution >= 4 is 11.8 Å². The monoisotopic (exact) mass is 276 g/mol. The third-order valence-electron chi connectivity index (χ3n) is 3.63. The minimum atomic E-state index is -0.445. The van der Waals surface area contributed by atoms with E-state index in [4.69, 9.17) is 10.5 Å². The van der Waals surface area contributed by atoms with Gasteiger partial charge in [0.1, 0.15) is 5.60 Å². The first-order chi connectivity index (χ1) is 9.26. The highest BCUT2D eigenvalue weighted by atomic mass is 16.6. The van der Waals surface area contributed by atoms with Crippen molar-refractivity contribution in [1.82, 2.24) is 4.90 Å². The molecule has 0 unspecified atom stereocenters. The molecular weight excluding hydrogens is 252 g/mol. The number of carbonyl (C=O) groups is 1. The number of anilines is 1. The lowest BCUT2D eigenvalue weighted by Gasteiger charge is -2.24. The van der Waals surface area contributed by atoms with Gasteiger partial charge in [0.2, 0.25) is 0 Å². The quantitative estimate of drug-likeness (QED) is 0.801. The number of carbonyl (C=O) groups excluding carboxylic acids is 1. The number of nitrogens with zero attached hydrogens (tertiary/aromatic N) is 1. The number of nitrogens with two attached hydrogens (primary N) is 1. The SMILES string of the molecule is C[C@@H]1CN(C(=O)OC(C)(C)C)C[C@H]1c1ccc(N)cc1. The molecule has 1 fully saturated rings. The molecule has 2 N–H and O–H groups in total. The summed E-state index contributed by atoms with van der Waals surface area (Å²) in [7, 11) is 0. The van der Waals surface area contributed by atoms with E-state index in [0.717, 1.165) is 12.2 Å². The summed E-state index contributed by atoms with van der Waals surface area (Å²) in [4.78, 5) is 13.9. The third-order valence-corrected chi connectivity index (χ3v) is 3.63. The Kier molecular flexibility index (Phi) is 3.93. The molecule has 1 saturated heterocycles. The molecule has 1 aliphatic heterocycles. The standard InChI is InChI=1S/C16H24N2O2/c1-11-9-18(15(19)20-16(2,3)4)10-14(11)12-5-7-13(17)8-6-12/h5-8,11,14H,9-10,17H2,1-4H3/t11-,14-/m1/s1. The molecule has 2 atom stereocenters. The highest BCUT2D eigenvalue weighted by Crippen LogP contribution is 2.33. The van der Waals surface area contributed by atoms with Crippen LogP contribution < -0.4 is 5.73 Å². The van der Waals surface area contributed by atoms with E-state index < -0.39 is 5.60 Å². The van der Waals surface area contributed by atoms with Crippen LogP contribution in [0.3, 0.4) is 0 Å². The van der Waals surface area contributed by atoms with Gasteiger partial charge >= 0.3 is 6.09 Å². The first-order valence-corrected chi connectivity index (χ1v) is 7.09. The van der Waals surface area contributed by atoms with E-state index in [0.29, 0.717) is 18.4 Å². The number of hydrogen-bond donors (Lipinski definition) is 1. The Labute approximate surface area is 120 Å². The molecule has 0 spiro atoms. The normalized spacial score (nSPS) is 22.9.